The van der Waals surface area contributed by atoms with Crippen molar-refractivity contribution in [2.45, 2.75) is 58.0 Å². The predicted molar refractivity (Wildman–Crippen MR) is 138 cm³/mol. The Kier molecular flexibility index (Phi) is 8.20. The first kappa shape index (κ1) is 28.4. The Labute approximate surface area is 225 Å². The number of benzene rings is 1. The minimum absolute atomic E-state index is 0.00869. The number of hydrogen-bond donors (Lipinski definition) is 2. The van der Waals surface area contributed by atoms with E-state index in [4.69, 9.17) is 4.74 Å². The number of aryl methyl sites for hydroxylation is 1. The van der Waals surface area contributed by atoms with E-state index in [1.54, 1.807) is 13.0 Å². The highest BCUT2D eigenvalue weighted by Crippen LogP contribution is 2.43. The van der Waals surface area contributed by atoms with Gasteiger partial charge in [0.1, 0.15) is 11.1 Å². The Hall–Kier alpha value is -3.60. The molecule has 2 amide bonds. The number of nitrogens with one attached hydrogen (secondary N) is 1. The van der Waals surface area contributed by atoms with Gasteiger partial charge in [-0.25, -0.2) is 4.98 Å². The Balaban J connectivity index is 1.68. The molecule has 0 spiro atoms. The smallest absolute Gasteiger partial charge is 0.388 e. The van der Waals surface area contributed by atoms with Crippen molar-refractivity contribution in [3.8, 4) is 5.88 Å². The van der Waals surface area contributed by atoms with Gasteiger partial charge in [0, 0.05) is 38.4 Å². The Morgan fingerprint density at radius 2 is 1.85 bits per heavy atom. The average molecular weight is 546 g/mol. The molecule has 0 atom stereocenters. The summed E-state index contributed by atoms with van der Waals surface area (Å²) < 4.78 is 36.2. The largest absolute Gasteiger partial charge is 0.481 e. The molecule has 39 heavy (non-hydrogen) atoms. The molecule has 2 saturated heterocycles. The number of carbonyl (C=O) groups is 3. The van der Waals surface area contributed by atoms with Crippen LogP contribution in [0.5, 0.6) is 5.88 Å². The van der Waals surface area contributed by atoms with Crippen LogP contribution in [0.2, 0.25) is 0 Å². The van der Waals surface area contributed by atoms with Crippen LogP contribution in [-0.2, 0) is 24.5 Å². The van der Waals surface area contributed by atoms with E-state index in [0.29, 0.717) is 18.9 Å². The van der Waals surface area contributed by atoms with E-state index in [1.807, 2.05) is 24.3 Å². The molecule has 9 nitrogen and oxygen atoms in total. The summed E-state index contributed by atoms with van der Waals surface area (Å²) in [5.41, 5.74) is -0.319. The number of carboxylic acids is 1. The minimum atomic E-state index is -3.13. The lowest BCUT2D eigenvalue weighted by molar-refractivity contribution is -0.155. The second-order valence-electron chi connectivity index (χ2n) is 10.8. The number of carboxylic acid groups (broad SMARTS) is 1. The van der Waals surface area contributed by atoms with Gasteiger partial charge in [0.25, 0.3) is 0 Å². The van der Waals surface area contributed by atoms with Crippen LogP contribution in [0.4, 0.5) is 14.5 Å². The summed E-state index contributed by atoms with van der Waals surface area (Å²) in [4.78, 5) is 44.1. The van der Waals surface area contributed by atoms with Crippen molar-refractivity contribution >= 4 is 23.5 Å². The van der Waals surface area contributed by atoms with Crippen LogP contribution < -0.4 is 10.1 Å². The van der Waals surface area contributed by atoms with Gasteiger partial charge in [0.15, 0.2) is 0 Å². The van der Waals surface area contributed by atoms with Gasteiger partial charge in [0.05, 0.1) is 5.41 Å². The normalized spacial score (nSPS) is 17.4. The van der Waals surface area contributed by atoms with E-state index in [9.17, 15) is 28.3 Å². The van der Waals surface area contributed by atoms with Gasteiger partial charge < -0.3 is 24.8 Å². The number of pyridine rings is 1. The van der Waals surface area contributed by atoms with Crippen LogP contribution >= 0.6 is 0 Å². The van der Waals surface area contributed by atoms with Gasteiger partial charge >= 0.3 is 12.6 Å². The Morgan fingerprint density at radius 3 is 2.49 bits per heavy atom. The first-order chi connectivity index (χ1) is 18.4. The number of halogens is 2. The van der Waals surface area contributed by atoms with Gasteiger partial charge in [-0.2, -0.15) is 8.78 Å². The van der Waals surface area contributed by atoms with Crippen LogP contribution in [0.15, 0.2) is 36.4 Å². The minimum Gasteiger partial charge on any atom is -0.481 e. The van der Waals surface area contributed by atoms with Crippen molar-refractivity contribution < 1.29 is 37.7 Å². The van der Waals surface area contributed by atoms with E-state index >= 15 is 0 Å². The number of alkyl halides is 2. The highest BCUT2D eigenvalue weighted by molar-refractivity contribution is 6.03. The van der Waals surface area contributed by atoms with E-state index in [-0.39, 0.29) is 37.0 Å². The zero-order valence-corrected chi connectivity index (χ0v) is 22.2. The number of anilines is 1. The molecule has 1 aromatic heterocycles. The van der Waals surface area contributed by atoms with Gasteiger partial charge in [-0.05, 0) is 62.8 Å². The number of nitrogens with zero attached hydrogens (tertiary/aromatic N) is 2. The first-order valence-corrected chi connectivity index (χ1v) is 12.9. The van der Waals surface area contributed by atoms with Crippen molar-refractivity contribution in [2.24, 2.45) is 5.41 Å². The summed E-state index contributed by atoms with van der Waals surface area (Å²) in [6.07, 6.45) is 1.33. The van der Waals surface area contributed by atoms with Crippen LogP contribution in [0, 0.1) is 12.3 Å². The third-order valence-electron chi connectivity index (χ3n) is 7.47. The Bertz CT molecular complexity index is 1240. The number of aromatic nitrogens is 1. The van der Waals surface area contributed by atoms with Crippen molar-refractivity contribution in [1.82, 2.24) is 9.88 Å². The van der Waals surface area contributed by atoms with E-state index in [0.717, 1.165) is 24.0 Å². The number of ether oxygens (including phenoxy) is 2. The molecule has 2 aliphatic rings. The average Bonchev–Trinajstić information content (AvgIpc) is 2.85. The van der Waals surface area contributed by atoms with Crippen LogP contribution in [-0.4, -0.2) is 65.7 Å². The van der Waals surface area contributed by atoms with Crippen molar-refractivity contribution in [3.05, 3.63) is 53.2 Å². The third-order valence-corrected chi connectivity index (χ3v) is 7.47. The maximum Gasteiger partial charge on any atom is 0.388 e. The second-order valence-corrected chi connectivity index (χ2v) is 10.8. The van der Waals surface area contributed by atoms with Crippen molar-refractivity contribution in [3.63, 3.8) is 0 Å². The number of aliphatic carboxylic acids is 1. The number of rotatable bonds is 9. The zero-order chi connectivity index (χ0) is 28.4. The molecule has 2 fully saturated rings. The lowest BCUT2D eigenvalue weighted by atomic mass is 9.68. The van der Waals surface area contributed by atoms with Crippen LogP contribution in [0.3, 0.4) is 0 Å². The number of likely N-dealkylation sites (tertiary alicyclic amines) is 1. The molecule has 0 unspecified atom stereocenters. The molecular weight excluding hydrogens is 512 g/mol. The predicted octanol–water partition coefficient (Wildman–Crippen LogP) is 4.11. The molecule has 2 N–H and O–H groups in total. The zero-order valence-electron chi connectivity index (χ0n) is 22.2. The van der Waals surface area contributed by atoms with E-state index in [1.165, 1.54) is 24.8 Å². The summed E-state index contributed by atoms with van der Waals surface area (Å²) in [5.74, 6) is -2.22. The molecule has 210 valence electrons. The molecule has 0 radical (unpaired) electrons. The Morgan fingerprint density at radius 1 is 1.18 bits per heavy atom. The highest BCUT2D eigenvalue weighted by Gasteiger charge is 2.54. The molecule has 0 saturated carbocycles. The number of carbonyl (C=O) groups excluding carboxylic acids is 2. The molecule has 1 aromatic carbocycles. The van der Waals surface area contributed by atoms with Gasteiger partial charge in [-0.15, -0.1) is 0 Å². The summed E-state index contributed by atoms with van der Waals surface area (Å²) in [7, 11) is 0. The van der Waals surface area contributed by atoms with Gasteiger partial charge in [0.2, 0.25) is 17.7 Å². The fraction of sp³-hybridized carbons (Fsp3) is 0.500. The summed E-state index contributed by atoms with van der Waals surface area (Å²) >= 11 is 0. The first-order valence-electron chi connectivity index (χ1n) is 12.9. The monoisotopic (exact) mass is 545 g/mol. The molecule has 0 bridgehead atoms. The van der Waals surface area contributed by atoms with Crippen LogP contribution in [0.25, 0.3) is 0 Å². The van der Waals surface area contributed by atoms with Crippen molar-refractivity contribution in [1.29, 1.82) is 0 Å². The molecule has 0 aliphatic carbocycles. The highest BCUT2D eigenvalue weighted by atomic mass is 19.3. The lowest BCUT2D eigenvalue weighted by Crippen LogP contribution is -2.67. The molecule has 2 aliphatic heterocycles. The summed E-state index contributed by atoms with van der Waals surface area (Å²) in [5, 5.41) is 12.2. The van der Waals surface area contributed by atoms with E-state index in [2.05, 4.69) is 15.0 Å². The SMILES string of the molecule is Cc1ccc(NC(=O)C2(c3ccccc3C3CCOCC3)CN(C(=O)CC(C)(C)C(=O)O)C2)c(OC(F)F)n1. The molecule has 3 heterocycles. The van der Waals surface area contributed by atoms with Gasteiger partial charge in [-0.1, -0.05) is 24.3 Å². The fourth-order valence-electron chi connectivity index (χ4n) is 5.13. The maximum absolute atomic E-state index is 14.0. The number of hydrogen-bond acceptors (Lipinski definition) is 6. The lowest BCUT2D eigenvalue weighted by Gasteiger charge is -2.50. The molecule has 4 rings (SSSR count). The second kappa shape index (κ2) is 11.3. The summed E-state index contributed by atoms with van der Waals surface area (Å²) in [6, 6.07) is 10.6. The third kappa shape index (κ3) is 6.03. The quantitative estimate of drug-likeness (QED) is 0.487. The van der Waals surface area contributed by atoms with Crippen LogP contribution in [0.1, 0.15) is 55.8 Å². The van der Waals surface area contributed by atoms with Gasteiger partial charge in [-0.3, -0.25) is 14.4 Å². The standard InChI is InChI=1S/C28H33F2N3O6/c1-17-8-9-21(23(31-17)39-26(29)30)32-24(35)28(15-33(16-28)22(34)14-27(2,3)25(36)37)20-7-5-4-6-19(20)18-10-12-38-13-11-18/h4-9,18,26H,10-16H2,1-3H3,(H,32,35)(H,36,37). The van der Waals surface area contributed by atoms with Crippen molar-refractivity contribution in [2.75, 3.05) is 31.6 Å². The molecule has 11 heteroatoms. The summed E-state index contributed by atoms with van der Waals surface area (Å²) in [6.45, 7) is 2.64. The number of amides is 2. The maximum atomic E-state index is 14.0. The fourth-order valence-corrected chi connectivity index (χ4v) is 5.13. The molecular formula is C28H33F2N3O6. The topological polar surface area (TPSA) is 118 Å². The van der Waals surface area contributed by atoms with E-state index < -0.39 is 35.2 Å². The molecule has 2 aromatic rings.